The predicted octanol–water partition coefficient (Wildman–Crippen LogP) is 2.54. The fourth-order valence-electron chi connectivity index (χ4n) is 1.82. The molecule has 19 heavy (non-hydrogen) atoms. The van der Waals surface area contributed by atoms with Crippen molar-refractivity contribution in [3.63, 3.8) is 0 Å². The minimum atomic E-state index is 0.171. The maximum Gasteiger partial charge on any atom is 0.180 e. The highest BCUT2D eigenvalue weighted by Crippen LogP contribution is 2.29. The Morgan fingerprint density at radius 1 is 1.26 bits per heavy atom. The number of aromatic nitrogens is 1. The van der Waals surface area contributed by atoms with Crippen molar-refractivity contribution in [3.8, 4) is 11.5 Å². The Morgan fingerprint density at radius 3 is 2.68 bits per heavy atom. The van der Waals surface area contributed by atoms with E-state index in [9.17, 15) is 0 Å². The first kappa shape index (κ1) is 13.4. The summed E-state index contributed by atoms with van der Waals surface area (Å²) in [6.07, 6.45) is 3.13. The molecule has 0 aliphatic carbocycles. The molecule has 5 nitrogen and oxygen atoms in total. The Balaban J connectivity index is 2.04. The highest BCUT2D eigenvalue weighted by Gasteiger charge is 2.10. The topological polar surface area (TPSA) is 56.5 Å². The normalized spacial score (nSPS) is 12.2. The minimum absolute atomic E-state index is 0.171. The molecule has 0 fully saturated rings. The van der Waals surface area contributed by atoms with Crippen molar-refractivity contribution in [2.75, 3.05) is 14.2 Å². The van der Waals surface area contributed by atoms with Crippen LogP contribution in [0, 0.1) is 0 Å². The summed E-state index contributed by atoms with van der Waals surface area (Å²) in [5.74, 6) is 2.27. The number of nitrogens with zero attached hydrogens (tertiary/aromatic N) is 1. The van der Waals surface area contributed by atoms with Crippen LogP contribution in [0.15, 0.2) is 35.2 Å². The highest BCUT2D eigenvalue weighted by molar-refractivity contribution is 5.43. The first-order valence-electron chi connectivity index (χ1n) is 6.07. The molecule has 0 saturated heterocycles. The lowest BCUT2D eigenvalue weighted by Crippen LogP contribution is -2.17. The Morgan fingerprint density at radius 2 is 2.05 bits per heavy atom. The fourth-order valence-corrected chi connectivity index (χ4v) is 1.82. The van der Waals surface area contributed by atoms with Crippen LogP contribution in [0.4, 0.5) is 0 Å². The molecule has 1 unspecified atom stereocenters. The summed E-state index contributed by atoms with van der Waals surface area (Å²) in [4.78, 5) is 3.88. The van der Waals surface area contributed by atoms with Gasteiger partial charge in [0.15, 0.2) is 17.9 Å². The van der Waals surface area contributed by atoms with Crippen molar-refractivity contribution in [1.29, 1.82) is 0 Å². The monoisotopic (exact) mass is 262 g/mol. The number of nitrogens with one attached hydrogen (secondary N) is 1. The van der Waals surface area contributed by atoms with E-state index in [-0.39, 0.29) is 6.04 Å². The SMILES string of the molecule is COc1ccc(C(C)NCc2cnco2)cc1OC. The molecule has 1 heterocycles. The fraction of sp³-hybridized carbons (Fsp3) is 0.357. The Bertz CT molecular complexity index is 511. The van der Waals surface area contributed by atoms with Gasteiger partial charge in [0.25, 0.3) is 0 Å². The molecule has 0 radical (unpaired) electrons. The second kappa shape index (κ2) is 6.24. The number of hydrogen-bond acceptors (Lipinski definition) is 5. The van der Waals surface area contributed by atoms with Gasteiger partial charge in [-0.25, -0.2) is 4.98 Å². The lowest BCUT2D eigenvalue weighted by atomic mass is 10.1. The van der Waals surface area contributed by atoms with Crippen molar-refractivity contribution in [2.24, 2.45) is 0 Å². The molecule has 1 N–H and O–H groups in total. The van der Waals surface area contributed by atoms with Crippen molar-refractivity contribution >= 4 is 0 Å². The van der Waals surface area contributed by atoms with Gasteiger partial charge in [0.05, 0.1) is 27.0 Å². The van der Waals surface area contributed by atoms with Crippen LogP contribution in [0.5, 0.6) is 11.5 Å². The minimum Gasteiger partial charge on any atom is -0.493 e. The van der Waals surface area contributed by atoms with Gasteiger partial charge in [0.1, 0.15) is 5.76 Å². The van der Waals surface area contributed by atoms with Crippen LogP contribution in [-0.4, -0.2) is 19.2 Å². The van der Waals surface area contributed by atoms with Crippen LogP contribution < -0.4 is 14.8 Å². The van der Waals surface area contributed by atoms with Gasteiger partial charge in [-0.1, -0.05) is 6.07 Å². The Kier molecular flexibility index (Phi) is 4.41. The molecular weight excluding hydrogens is 244 g/mol. The van der Waals surface area contributed by atoms with Crippen molar-refractivity contribution in [1.82, 2.24) is 10.3 Å². The van der Waals surface area contributed by atoms with Gasteiger partial charge in [0.2, 0.25) is 0 Å². The van der Waals surface area contributed by atoms with Gasteiger partial charge in [-0.15, -0.1) is 0 Å². The van der Waals surface area contributed by atoms with Crippen LogP contribution in [0.2, 0.25) is 0 Å². The van der Waals surface area contributed by atoms with E-state index in [4.69, 9.17) is 13.9 Å². The van der Waals surface area contributed by atoms with Gasteiger partial charge in [-0.05, 0) is 24.6 Å². The lowest BCUT2D eigenvalue weighted by Gasteiger charge is -2.15. The van der Waals surface area contributed by atoms with E-state index in [1.807, 2.05) is 18.2 Å². The molecule has 2 rings (SSSR count). The molecule has 0 bridgehead atoms. The summed E-state index contributed by atoms with van der Waals surface area (Å²) >= 11 is 0. The summed E-state index contributed by atoms with van der Waals surface area (Å²) < 4.78 is 15.7. The summed E-state index contributed by atoms with van der Waals surface area (Å²) in [5.41, 5.74) is 1.12. The molecule has 0 spiro atoms. The van der Waals surface area contributed by atoms with E-state index in [1.165, 1.54) is 6.39 Å². The highest BCUT2D eigenvalue weighted by atomic mass is 16.5. The molecule has 1 aromatic heterocycles. The van der Waals surface area contributed by atoms with E-state index in [2.05, 4.69) is 17.2 Å². The first-order chi connectivity index (χ1) is 9.24. The van der Waals surface area contributed by atoms with Crippen LogP contribution >= 0.6 is 0 Å². The van der Waals surface area contributed by atoms with E-state index < -0.39 is 0 Å². The molecule has 0 amide bonds. The summed E-state index contributed by atoms with van der Waals surface area (Å²) in [5, 5.41) is 3.36. The molecule has 0 aliphatic rings. The van der Waals surface area contributed by atoms with Crippen molar-refractivity contribution in [2.45, 2.75) is 19.5 Å². The number of methoxy groups -OCH3 is 2. The molecule has 2 aromatic rings. The Hall–Kier alpha value is -2.01. The molecular formula is C14H18N2O3. The quantitative estimate of drug-likeness (QED) is 0.867. The zero-order chi connectivity index (χ0) is 13.7. The number of benzene rings is 1. The summed E-state index contributed by atoms with van der Waals surface area (Å²) in [6, 6.07) is 6.06. The van der Waals surface area contributed by atoms with Crippen molar-refractivity contribution in [3.05, 3.63) is 42.1 Å². The average Bonchev–Trinajstić information content (AvgIpc) is 2.97. The van der Waals surface area contributed by atoms with E-state index in [1.54, 1.807) is 20.4 Å². The van der Waals surface area contributed by atoms with Crippen molar-refractivity contribution < 1.29 is 13.9 Å². The third-order valence-electron chi connectivity index (χ3n) is 2.97. The molecule has 1 atom stereocenters. The van der Waals surface area contributed by atoms with Gasteiger partial charge >= 0.3 is 0 Å². The van der Waals surface area contributed by atoms with Gasteiger partial charge in [0, 0.05) is 6.04 Å². The van der Waals surface area contributed by atoms with E-state index in [0.29, 0.717) is 6.54 Å². The molecule has 0 aliphatic heterocycles. The van der Waals surface area contributed by atoms with E-state index in [0.717, 1.165) is 22.8 Å². The smallest absolute Gasteiger partial charge is 0.180 e. The molecule has 5 heteroatoms. The number of hydrogen-bond donors (Lipinski definition) is 1. The van der Waals surface area contributed by atoms with Crippen LogP contribution in [-0.2, 0) is 6.54 Å². The summed E-state index contributed by atoms with van der Waals surface area (Å²) in [7, 11) is 3.26. The molecule has 0 saturated carbocycles. The van der Waals surface area contributed by atoms with Gasteiger partial charge in [-0.2, -0.15) is 0 Å². The standard InChI is InChI=1S/C14H18N2O3/c1-10(16-8-12-7-15-9-19-12)11-4-5-13(17-2)14(6-11)18-3/h4-7,9-10,16H,8H2,1-3H3. The maximum atomic E-state index is 5.30. The zero-order valence-electron chi connectivity index (χ0n) is 11.3. The maximum absolute atomic E-state index is 5.30. The first-order valence-corrected chi connectivity index (χ1v) is 6.07. The molecule has 1 aromatic carbocycles. The zero-order valence-corrected chi connectivity index (χ0v) is 11.3. The predicted molar refractivity (Wildman–Crippen MR) is 71.3 cm³/mol. The summed E-state index contributed by atoms with van der Waals surface area (Å²) in [6.45, 7) is 2.72. The molecule has 102 valence electrons. The third kappa shape index (κ3) is 3.26. The second-order valence-electron chi connectivity index (χ2n) is 4.18. The van der Waals surface area contributed by atoms with Gasteiger partial charge < -0.3 is 19.2 Å². The Labute approximate surface area is 112 Å². The number of ether oxygens (including phenoxy) is 2. The average molecular weight is 262 g/mol. The largest absolute Gasteiger partial charge is 0.493 e. The number of oxazole rings is 1. The second-order valence-corrected chi connectivity index (χ2v) is 4.18. The lowest BCUT2D eigenvalue weighted by molar-refractivity contribution is 0.354. The number of rotatable bonds is 6. The van der Waals surface area contributed by atoms with Crippen LogP contribution in [0.1, 0.15) is 24.3 Å². The third-order valence-corrected chi connectivity index (χ3v) is 2.97. The van der Waals surface area contributed by atoms with E-state index >= 15 is 0 Å². The van der Waals surface area contributed by atoms with Crippen LogP contribution in [0.25, 0.3) is 0 Å². The van der Waals surface area contributed by atoms with Gasteiger partial charge in [-0.3, -0.25) is 0 Å². The van der Waals surface area contributed by atoms with Crippen LogP contribution in [0.3, 0.4) is 0 Å².